The molecule has 4 heteroatoms. The third kappa shape index (κ3) is 6.34. The monoisotopic (exact) mass is 434 g/mol. The number of hydrogen-bond donors (Lipinski definition) is 0. The van der Waals surface area contributed by atoms with Crippen molar-refractivity contribution in [2.75, 3.05) is 0 Å². The van der Waals surface area contributed by atoms with E-state index in [1.165, 1.54) is 31.3 Å². The van der Waals surface area contributed by atoms with E-state index in [-0.39, 0.29) is 16.4 Å². The summed E-state index contributed by atoms with van der Waals surface area (Å²) in [7, 11) is -1.75. The van der Waals surface area contributed by atoms with Crippen LogP contribution in [0, 0.1) is 11.3 Å². The highest BCUT2D eigenvalue weighted by Gasteiger charge is 2.51. The maximum absolute atomic E-state index is 11.9. The van der Waals surface area contributed by atoms with Crippen LogP contribution in [0.25, 0.3) is 0 Å². The minimum Gasteiger partial charge on any atom is -0.460 e. The van der Waals surface area contributed by atoms with Crippen LogP contribution < -0.4 is 0 Å². The quantitative estimate of drug-likeness (QED) is 0.187. The first kappa shape index (κ1) is 25.4. The summed E-state index contributed by atoms with van der Waals surface area (Å²) in [6, 6.07) is 0. The van der Waals surface area contributed by atoms with Gasteiger partial charge >= 0.3 is 5.97 Å². The van der Waals surface area contributed by atoms with Crippen LogP contribution in [-0.2, 0) is 14.0 Å². The minimum atomic E-state index is -1.75. The molecule has 0 radical (unpaired) electrons. The SMILES string of the molecule is CC(C)(C)OC(=O)CCCC=C=C1CC[C@H]2[C@@H](O[Si](C)(C)C(C)(C)C)CCC[C@]12C. The first-order valence-corrected chi connectivity index (χ1v) is 14.9. The van der Waals surface area contributed by atoms with Gasteiger partial charge in [0.2, 0.25) is 0 Å². The van der Waals surface area contributed by atoms with Gasteiger partial charge in [-0.15, -0.1) is 5.73 Å². The van der Waals surface area contributed by atoms with Crippen molar-refractivity contribution in [2.24, 2.45) is 11.3 Å². The molecule has 0 N–H and O–H groups in total. The van der Waals surface area contributed by atoms with E-state index in [4.69, 9.17) is 9.16 Å². The summed E-state index contributed by atoms with van der Waals surface area (Å²) in [5.74, 6) is 0.521. The summed E-state index contributed by atoms with van der Waals surface area (Å²) in [6.07, 6.45) is 10.8. The van der Waals surface area contributed by atoms with Crippen LogP contribution in [0.5, 0.6) is 0 Å². The lowest BCUT2D eigenvalue weighted by atomic mass is 9.66. The summed E-state index contributed by atoms with van der Waals surface area (Å²) in [5.41, 5.74) is 4.96. The minimum absolute atomic E-state index is 0.102. The second-order valence-corrected chi connectivity index (χ2v) is 16.9. The average Bonchev–Trinajstić information content (AvgIpc) is 2.89. The molecule has 2 aliphatic carbocycles. The van der Waals surface area contributed by atoms with Gasteiger partial charge in [0.25, 0.3) is 0 Å². The van der Waals surface area contributed by atoms with Crippen LogP contribution >= 0.6 is 0 Å². The first-order valence-electron chi connectivity index (χ1n) is 12.0. The van der Waals surface area contributed by atoms with E-state index in [0.717, 1.165) is 19.3 Å². The molecule has 2 fully saturated rings. The van der Waals surface area contributed by atoms with Crippen molar-refractivity contribution in [3.05, 3.63) is 17.4 Å². The van der Waals surface area contributed by atoms with Crippen molar-refractivity contribution >= 4 is 14.3 Å². The van der Waals surface area contributed by atoms with Gasteiger partial charge in [-0.2, -0.15) is 0 Å². The zero-order valence-corrected chi connectivity index (χ0v) is 22.1. The number of carbonyl (C=O) groups is 1. The summed E-state index contributed by atoms with van der Waals surface area (Å²) >= 11 is 0. The highest BCUT2D eigenvalue weighted by molar-refractivity contribution is 6.74. The zero-order chi connectivity index (χ0) is 22.8. The number of ether oxygens (including phenoxy) is 1. The summed E-state index contributed by atoms with van der Waals surface area (Å²) in [4.78, 5) is 11.9. The van der Waals surface area contributed by atoms with Crippen molar-refractivity contribution in [1.29, 1.82) is 0 Å². The second kappa shape index (κ2) is 9.34. The van der Waals surface area contributed by atoms with E-state index in [9.17, 15) is 4.79 Å². The molecule has 172 valence electrons. The van der Waals surface area contributed by atoms with Crippen molar-refractivity contribution in [2.45, 2.75) is 130 Å². The molecule has 0 amide bonds. The van der Waals surface area contributed by atoms with Crippen molar-refractivity contribution < 1.29 is 14.0 Å². The van der Waals surface area contributed by atoms with E-state index in [0.29, 0.717) is 18.4 Å². The number of rotatable bonds is 6. The van der Waals surface area contributed by atoms with Crippen molar-refractivity contribution in [3.63, 3.8) is 0 Å². The van der Waals surface area contributed by atoms with Crippen LogP contribution in [0.15, 0.2) is 17.4 Å². The van der Waals surface area contributed by atoms with E-state index in [2.05, 4.69) is 52.6 Å². The fourth-order valence-electron chi connectivity index (χ4n) is 4.80. The largest absolute Gasteiger partial charge is 0.460 e. The molecule has 0 spiro atoms. The number of hydrogen-bond acceptors (Lipinski definition) is 3. The molecule has 0 heterocycles. The molecule has 30 heavy (non-hydrogen) atoms. The number of carbonyl (C=O) groups excluding carboxylic acids is 1. The number of fused-ring (bicyclic) bond motifs is 1. The Bertz CT molecular complexity index is 673. The smallest absolute Gasteiger partial charge is 0.306 e. The van der Waals surface area contributed by atoms with E-state index in [1.54, 1.807) is 0 Å². The summed E-state index contributed by atoms with van der Waals surface area (Å²) in [5, 5.41) is 0.256. The van der Waals surface area contributed by atoms with Gasteiger partial charge in [-0.1, -0.05) is 34.1 Å². The maximum Gasteiger partial charge on any atom is 0.306 e. The van der Waals surface area contributed by atoms with Gasteiger partial charge < -0.3 is 9.16 Å². The highest BCUT2D eigenvalue weighted by Crippen LogP contribution is 2.56. The highest BCUT2D eigenvalue weighted by atomic mass is 28.4. The van der Waals surface area contributed by atoms with Crippen LogP contribution in [0.2, 0.25) is 18.1 Å². The van der Waals surface area contributed by atoms with Crippen molar-refractivity contribution in [1.82, 2.24) is 0 Å². The molecule has 0 unspecified atom stereocenters. The maximum atomic E-state index is 11.9. The van der Waals surface area contributed by atoms with Gasteiger partial charge in [-0.25, -0.2) is 0 Å². The molecule has 3 nitrogen and oxygen atoms in total. The summed E-state index contributed by atoms with van der Waals surface area (Å²) < 4.78 is 12.3. The van der Waals surface area contributed by atoms with Gasteiger partial charge in [0.15, 0.2) is 8.32 Å². The Hall–Kier alpha value is -0.833. The molecule has 0 saturated heterocycles. The Morgan fingerprint density at radius 3 is 2.47 bits per heavy atom. The fraction of sp³-hybridized carbons (Fsp3) is 0.846. The molecule has 0 aliphatic heterocycles. The fourth-order valence-corrected chi connectivity index (χ4v) is 6.19. The molecular formula is C26H46O3Si. The van der Waals surface area contributed by atoms with Gasteiger partial charge in [0.05, 0.1) is 0 Å². The second-order valence-electron chi connectivity index (χ2n) is 12.2. The van der Waals surface area contributed by atoms with Crippen LogP contribution in [0.4, 0.5) is 0 Å². The zero-order valence-electron chi connectivity index (χ0n) is 21.1. The lowest BCUT2D eigenvalue weighted by Crippen LogP contribution is -2.49. The predicted octanol–water partition coefficient (Wildman–Crippen LogP) is 7.57. The summed E-state index contributed by atoms with van der Waals surface area (Å²) in [6.45, 7) is 20.0. The topological polar surface area (TPSA) is 35.5 Å². The Morgan fingerprint density at radius 1 is 1.20 bits per heavy atom. The van der Waals surface area contributed by atoms with Gasteiger partial charge in [-0.3, -0.25) is 4.79 Å². The molecule has 2 saturated carbocycles. The number of unbranched alkanes of at least 4 members (excludes halogenated alkanes) is 1. The Morgan fingerprint density at radius 2 is 1.87 bits per heavy atom. The van der Waals surface area contributed by atoms with Crippen LogP contribution in [-0.4, -0.2) is 26.0 Å². The number of esters is 1. The predicted molar refractivity (Wildman–Crippen MR) is 128 cm³/mol. The van der Waals surface area contributed by atoms with E-state index >= 15 is 0 Å². The van der Waals surface area contributed by atoms with Gasteiger partial charge in [0.1, 0.15) is 5.60 Å². The standard InChI is InChI=1S/C26H46O3Si/c1-24(2,3)28-23(27)16-12-10-11-14-20-17-18-21-22(15-13-19-26(20,21)7)29-30(8,9)25(4,5)6/h11,21-22H,10,12-13,15-19H2,1-9H3/t14?,21-,22-,26+/m0/s1. The molecular weight excluding hydrogens is 388 g/mol. The van der Waals surface area contributed by atoms with E-state index in [1.807, 2.05) is 20.8 Å². The third-order valence-corrected chi connectivity index (χ3v) is 12.0. The Labute approximate surface area is 186 Å². The Kier molecular flexibility index (Phi) is 7.92. The molecule has 0 aromatic carbocycles. The lowest BCUT2D eigenvalue weighted by molar-refractivity contribution is -0.154. The average molecular weight is 435 g/mol. The number of allylic oxidation sites excluding steroid dienone is 1. The van der Waals surface area contributed by atoms with E-state index < -0.39 is 13.9 Å². The molecule has 0 aromatic heterocycles. The lowest BCUT2D eigenvalue weighted by Gasteiger charge is -2.47. The van der Waals surface area contributed by atoms with Crippen molar-refractivity contribution in [3.8, 4) is 0 Å². The molecule has 2 rings (SSSR count). The third-order valence-electron chi connectivity index (χ3n) is 7.52. The molecule has 2 aliphatic rings. The van der Waals surface area contributed by atoms with Crippen LogP contribution in [0.1, 0.15) is 99.8 Å². The van der Waals surface area contributed by atoms with Gasteiger partial charge in [-0.05, 0) is 95.0 Å². The van der Waals surface area contributed by atoms with Gasteiger partial charge in [0, 0.05) is 17.9 Å². The molecule has 3 atom stereocenters. The Balaban J connectivity index is 1.99. The first-order chi connectivity index (χ1) is 13.7. The molecule has 0 aromatic rings. The molecule has 0 bridgehead atoms. The van der Waals surface area contributed by atoms with Crippen LogP contribution in [0.3, 0.4) is 0 Å². The normalized spacial score (nSPS) is 27.4.